The van der Waals surface area contributed by atoms with Gasteiger partial charge in [-0.05, 0) is 6.92 Å². The van der Waals surface area contributed by atoms with Crippen molar-refractivity contribution >= 4 is 49.5 Å². The second-order valence-corrected chi connectivity index (χ2v) is 2.70. The van der Waals surface area contributed by atoms with Gasteiger partial charge in [0.05, 0.1) is 0 Å². The van der Waals surface area contributed by atoms with E-state index in [0.29, 0.717) is 5.56 Å². The Hall–Kier alpha value is -0.640. The number of carboxylic acid groups (broad SMARTS) is 1. The van der Waals surface area contributed by atoms with Crippen molar-refractivity contribution < 1.29 is 14.7 Å². The van der Waals surface area contributed by atoms with E-state index in [1.54, 1.807) is 30.3 Å². The van der Waals surface area contributed by atoms with Gasteiger partial charge in [0.2, 0.25) is 0 Å². The third kappa shape index (κ3) is 3.78. The Balaban J connectivity index is 0.00000196. The van der Waals surface area contributed by atoms with Gasteiger partial charge in [-0.25, -0.2) is 4.79 Å². The Morgan fingerprint density at radius 1 is 1.20 bits per heavy atom. The van der Waals surface area contributed by atoms with Gasteiger partial charge in [-0.2, -0.15) is 0 Å². The van der Waals surface area contributed by atoms with Crippen molar-refractivity contribution in [3.63, 3.8) is 0 Å². The molecular weight excluding hydrogens is 220 g/mol. The zero-order valence-corrected chi connectivity index (χ0v) is 7.73. The van der Waals surface area contributed by atoms with Gasteiger partial charge >= 0.3 is 43.7 Å². The molecule has 0 radical (unpaired) electrons. The van der Waals surface area contributed by atoms with Gasteiger partial charge < -0.3 is 5.11 Å². The first-order valence-corrected chi connectivity index (χ1v) is 4.16. The van der Waals surface area contributed by atoms with Crippen molar-refractivity contribution in [3.8, 4) is 0 Å². The molecule has 0 saturated heterocycles. The zero-order valence-electron chi connectivity index (χ0n) is 7.73. The van der Waals surface area contributed by atoms with Crippen LogP contribution in [0.3, 0.4) is 0 Å². The van der Waals surface area contributed by atoms with Crippen LogP contribution < -0.4 is 0 Å². The maximum atomic E-state index is 11.6. The second kappa shape index (κ2) is 6.77. The van der Waals surface area contributed by atoms with E-state index in [1.165, 1.54) is 13.0 Å². The number of hydrogen-bond donors (Lipinski definition) is 1. The van der Waals surface area contributed by atoms with Crippen molar-refractivity contribution in [2.45, 2.75) is 6.92 Å². The van der Waals surface area contributed by atoms with Gasteiger partial charge in [0.15, 0.2) is 5.78 Å². The van der Waals surface area contributed by atoms with Crippen LogP contribution >= 0.6 is 0 Å². The summed E-state index contributed by atoms with van der Waals surface area (Å²) in [4.78, 5) is 22.2. The molecule has 0 aliphatic rings. The van der Waals surface area contributed by atoms with E-state index >= 15 is 0 Å². The van der Waals surface area contributed by atoms with Crippen molar-refractivity contribution in [1.82, 2.24) is 0 Å². The fourth-order valence-electron chi connectivity index (χ4n) is 1.10. The summed E-state index contributed by atoms with van der Waals surface area (Å²) in [5, 5.41) is 8.72. The third-order valence-electron chi connectivity index (χ3n) is 1.80. The zero-order chi connectivity index (χ0) is 10.6. The molecule has 76 valence electrons. The number of rotatable bonds is 3. The third-order valence-corrected chi connectivity index (χ3v) is 1.80. The van der Waals surface area contributed by atoms with Crippen LogP contribution in [0.25, 0.3) is 0 Å². The van der Waals surface area contributed by atoms with Gasteiger partial charge in [-0.3, -0.25) is 4.79 Å². The molecule has 0 aliphatic carbocycles. The van der Waals surface area contributed by atoms with E-state index < -0.39 is 11.8 Å². The predicted molar refractivity (Wildman–Crippen MR) is 60.7 cm³/mol. The molecule has 0 aliphatic heterocycles. The normalized spacial score (nSPS) is 10.3. The standard InChI is InChI=1S/C11H10O3.Ca.2H/c1-2-9(11(13)14)10(12)8-6-4-3-5-7-8;;;/h2-7H,1H3,(H,13,14);;;. The van der Waals surface area contributed by atoms with Gasteiger partial charge in [0, 0.05) is 5.56 Å². The van der Waals surface area contributed by atoms with Crippen LogP contribution in [0.15, 0.2) is 42.0 Å². The van der Waals surface area contributed by atoms with Crippen LogP contribution in [0.2, 0.25) is 0 Å². The first-order valence-electron chi connectivity index (χ1n) is 4.16. The Kier molecular flexibility index (Phi) is 6.48. The molecule has 0 aromatic heterocycles. The molecule has 0 atom stereocenters. The molecule has 0 spiro atoms. The summed E-state index contributed by atoms with van der Waals surface area (Å²) in [5.41, 5.74) is 0.194. The van der Waals surface area contributed by atoms with Crippen LogP contribution in [-0.4, -0.2) is 54.6 Å². The number of carbonyl (C=O) groups excluding carboxylic acids is 1. The number of carbonyl (C=O) groups is 2. The van der Waals surface area contributed by atoms with E-state index in [9.17, 15) is 9.59 Å². The number of allylic oxidation sites excluding steroid dienone is 1. The van der Waals surface area contributed by atoms with Gasteiger partial charge in [0.25, 0.3) is 0 Å². The summed E-state index contributed by atoms with van der Waals surface area (Å²) >= 11 is 0. The quantitative estimate of drug-likeness (QED) is 0.278. The fourth-order valence-corrected chi connectivity index (χ4v) is 1.10. The summed E-state index contributed by atoms with van der Waals surface area (Å²) in [5.74, 6) is -1.65. The maximum absolute atomic E-state index is 11.6. The molecule has 1 N–H and O–H groups in total. The topological polar surface area (TPSA) is 54.4 Å². The van der Waals surface area contributed by atoms with E-state index in [4.69, 9.17) is 5.11 Å². The molecule has 4 heteroatoms. The van der Waals surface area contributed by atoms with E-state index in [-0.39, 0.29) is 43.3 Å². The number of aliphatic carboxylic acids is 1. The first-order chi connectivity index (χ1) is 6.66. The molecular formula is C11H12CaO3. The summed E-state index contributed by atoms with van der Waals surface area (Å²) in [6, 6.07) is 8.35. The SMILES string of the molecule is CC=C(C(=O)O)C(=O)c1ccccc1.[CaH2]. The summed E-state index contributed by atoms with van der Waals surface area (Å²) < 4.78 is 0. The Bertz CT molecular complexity index is 382. The molecule has 0 fully saturated rings. The summed E-state index contributed by atoms with van der Waals surface area (Å²) in [6.07, 6.45) is 1.30. The van der Waals surface area contributed by atoms with E-state index in [1.807, 2.05) is 0 Å². The predicted octanol–water partition coefficient (Wildman–Crippen LogP) is 0.984. The van der Waals surface area contributed by atoms with Gasteiger partial charge in [0.1, 0.15) is 5.57 Å². The van der Waals surface area contributed by atoms with E-state index in [2.05, 4.69) is 0 Å². The number of carboxylic acids is 1. The van der Waals surface area contributed by atoms with Crippen LogP contribution in [0.4, 0.5) is 0 Å². The van der Waals surface area contributed by atoms with Gasteiger partial charge in [-0.15, -0.1) is 0 Å². The van der Waals surface area contributed by atoms with Crippen molar-refractivity contribution in [2.75, 3.05) is 0 Å². The van der Waals surface area contributed by atoms with E-state index in [0.717, 1.165) is 0 Å². The molecule has 3 nitrogen and oxygen atoms in total. The minimum atomic E-state index is -1.19. The Morgan fingerprint density at radius 3 is 2.13 bits per heavy atom. The summed E-state index contributed by atoms with van der Waals surface area (Å²) in [6.45, 7) is 1.53. The van der Waals surface area contributed by atoms with Crippen LogP contribution in [0, 0.1) is 0 Å². The molecule has 0 bridgehead atoms. The number of ketones is 1. The average Bonchev–Trinajstić information content (AvgIpc) is 2.19. The molecule has 15 heavy (non-hydrogen) atoms. The second-order valence-electron chi connectivity index (χ2n) is 2.70. The molecule has 1 aromatic carbocycles. The number of Topliss-reactive ketones (excluding diaryl/α,β-unsaturated/α-hetero) is 1. The Labute approximate surface area is 118 Å². The molecule has 0 heterocycles. The monoisotopic (exact) mass is 232 g/mol. The molecule has 0 unspecified atom stereocenters. The van der Waals surface area contributed by atoms with Crippen LogP contribution in [-0.2, 0) is 4.79 Å². The number of hydrogen-bond acceptors (Lipinski definition) is 2. The number of benzene rings is 1. The minimum absolute atomic E-state index is 0. The van der Waals surface area contributed by atoms with Gasteiger partial charge in [-0.1, -0.05) is 36.4 Å². The first kappa shape index (κ1) is 14.4. The van der Waals surface area contributed by atoms with Crippen molar-refractivity contribution in [2.24, 2.45) is 0 Å². The van der Waals surface area contributed by atoms with Crippen LogP contribution in [0.1, 0.15) is 17.3 Å². The van der Waals surface area contributed by atoms with Crippen molar-refractivity contribution in [1.29, 1.82) is 0 Å². The fraction of sp³-hybridized carbons (Fsp3) is 0.0909. The molecule has 1 aromatic rings. The molecule has 0 amide bonds. The molecule has 1 rings (SSSR count). The van der Waals surface area contributed by atoms with Crippen LogP contribution in [0.5, 0.6) is 0 Å². The summed E-state index contributed by atoms with van der Waals surface area (Å²) in [7, 11) is 0. The molecule has 0 saturated carbocycles. The Morgan fingerprint density at radius 2 is 1.73 bits per heavy atom. The average molecular weight is 232 g/mol. The van der Waals surface area contributed by atoms with Crippen molar-refractivity contribution in [3.05, 3.63) is 47.5 Å².